The maximum absolute atomic E-state index is 2.48. The van der Waals surface area contributed by atoms with E-state index >= 15 is 0 Å². The average molecular weight is 164 g/mol. The van der Waals surface area contributed by atoms with E-state index < -0.39 is 0 Å². The van der Waals surface area contributed by atoms with Crippen LogP contribution in [0.4, 0.5) is 0 Å². The molecule has 0 bridgehead atoms. The van der Waals surface area contributed by atoms with Crippen molar-refractivity contribution < 1.29 is 0 Å². The van der Waals surface area contributed by atoms with Crippen molar-refractivity contribution in [2.24, 2.45) is 35.5 Å². The molecule has 12 heavy (non-hydrogen) atoms. The molecule has 3 aliphatic rings. The van der Waals surface area contributed by atoms with Crippen molar-refractivity contribution in [3.05, 3.63) is 0 Å². The van der Waals surface area contributed by atoms with Crippen molar-refractivity contribution in [1.29, 1.82) is 0 Å². The molecule has 5 unspecified atom stereocenters. The zero-order chi connectivity index (χ0) is 8.29. The minimum atomic E-state index is 1.07. The maximum Gasteiger partial charge on any atom is -0.0329 e. The van der Waals surface area contributed by atoms with Gasteiger partial charge in [-0.3, -0.25) is 0 Å². The van der Waals surface area contributed by atoms with Crippen LogP contribution in [0.25, 0.3) is 0 Å². The van der Waals surface area contributed by atoms with Crippen molar-refractivity contribution >= 4 is 0 Å². The molecule has 3 saturated carbocycles. The Morgan fingerprint density at radius 1 is 0.833 bits per heavy atom. The second-order valence-electron chi connectivity index (χ2n) is 5.67. The largest absolute Gasteiger partial charge is 0.0622 e. The first kappa shape index (κ1) is 7.41. The lowest BCUT2D eigenvalue weighted by atomic mass is 9.45. The van der Waals surface area contributed by atoms with Gasteiger partial charge in [0.05, 0.1) is 0 Å². The minimum absolute atomic E-state index is 1.07. The van der Waals surface area contributed by atoms with Crippen LogP contribution in [-0.4, -0.2) is 0 Å². The fourth-order valence-electron chi connectivity index (χ4n) is 4.50. The van der Waals surface area contributed by atoms with E-state index in [9.17, 15) is 0 Å². The molecule has 3 aliphatic carbocycles. The fourth-order valence-corrected chi connectivity index (χ4v) is 4.50. The molecule has 0 nitrogen and oxygen atoms in total. The molecule has 0 radical (unpaired) electrons. The van der Waals surface area contributed by atoms with E-state index in [1.54, 1.807) is 25.7 Å². The summed E-state index contributed by atoms with van der Waals surface area (Å²) in [5.74, 6) is 6.80. The summed E-state index contributed by atoms with van der Waals surface area (Å²) in [5, 5.41) is 0. The molecule has 68 valence electrons. The first-order valence-corrected chi connectivity index (χ1v) is 5.77. The van der Waals surface area contributed by atoms with Crippen molar-refractivity contribution in [1.82, 2.24) is 0 Å². The molecule has 3 fully saturated rings. The Balaban J connectivity index is 1.76. The van der Waals surface area contributed by atoms with Crippen LogP contribution in [0.1, 0.15) is 39.5 Å². The van der Waals surface area contributed by atoms with Gasteiger partial charge in [-0.2, -0.15) is 0 Å². The smallest absolute Gasteiger partial charge is 0.0329 e. The van der Waals surface area contributed by atoms with Gasteiger partial charge in [-0.1, -0.05) is 13.8 Å². The summed E-state index contributed by atoms with van der Waals surface area (Å²) in [4.78, 5) is 0. The third kappa shape index (κ3) is 0.744. The van der Waals surface area contributed by atoms with Gasteiger partial charge < -0.3 is 0 Å². The second-order valence-corrected chi connectivity index (χ2v) is 5.67. The highest BCUT2D eigenvalue weighted by Crippen LogP contribution is 2.61. The Kier molecular flexibility index (Phi) is 1.40. The SMILES string of the molecule is CC1C[C@H]2C1CCC1CC(C)C12. The van der Waals surface area contributed by atoms with Crippen LogP contribution in [0.15, 0.2) is 0 Å². The Morgan fingerprint density at radius 2 is 1.67 bits per heavy atom. The van der Waals surface area contributed by atoms with E-state index in [1.807, 2.05) is 0 Å². The first-order valence-electron chi connectivity index (χ1n) is 5.77. The van der Waals surface area contributed by atoms with Gasteiger partial charge in [-0.15, -0.1) is 0 Å². The monoisotopic (exact) mass is 164 g/mol. The lowest BCUT2D eigenvalue weighted by Gasteiger charge is -2.61. The van der Waals surface area contributed by atoms with Gasteiger partial charge in [0.15, 0.2) is 0 Å². The standard InChI is InChI=1S/C12H20/c1-7-6-11-10(7)4-3-9-5-8(2)12(9)11/h7-12H,3-6H2,1-2H3/t7?,8?,9?,10?,11-,12?/m0/s1. The van der Waals surface area contributed by atoms with E-state index in [-0.39, 0.29) is 0 Å². The Labute approximate surface area is 75.7 Å². The molecular formula is C12H20. The summed E-state index contributed by atoms with van der Waals surface area (Å²) in [6.07, 6.45) is 6.26. The molecule has 0 aromatic rings. The quantitative estimate of drug-likeness (QED) is 0.515. The predicted molar refractivity (Wildman–Crippen MR) is 50.8 cm³/mol. The first-order chi connectivity index (χ1) is 5.77. The number of rotatable bonds is 0. The summed E-state index contributed by atoms with van der Waals surface area (Å²) < 4.78 is 0. The van der Waals surface area contributed by atoms with E-state index in [1.165, 1.54) is 11.8 Å². The van der Waals surface area contributed by atoms with Gasteiger partial charge in [0.25, 0.3) is 0 Å². The molecule has 0 heterocycles. The molecule has 0 amide bonds. The molecule has 0 saturated heterocycles. The van der Waals surface area contributed by atoms with Crippen LogP contribution in [0.2, 0.25) is 0 Å². The molecule has 0 heteroatoms. The third-order valence-corrected chi connectivity index (χ3v) is 5.17. The van der Waals surface area contributed by atoms with Crippen LogP contribution in [0.3, 0.4) is 0 Å². The lowest BCUT2D eigenvalue weighted by Crippen LogP contribution is -2.53. The Morgan fingerprint density at radius 3 is 2.33 bits per heavy atom. The molecular weight excluding hydrogens is 144 g/mol. The van der Waals surface area contributed by atoms with Crippen molar-refractivity contribution in [2.45, 2.75) is 39.5 Å². The predicted octanol–water partition coefficient (Wildman–Crippen LogP) is 3.32. The molecule has 3 rings (SSSR count). The van der Waals surface area contributed by atoms with Crippen LogP contribution in [-0.2, 0) is 0 Å². The number of hydrogen-bond donors (Lipinski definition) is 0. The summed E-state index contributed by atoms with van der Waals surface area (Å²) >= 11 is 0. The van der Waals surface area contributed by atoms with Crippen LogP contribution in [0, 0.1) is 35.5 Å². The summed E-state index contributed by atoms with van der Waals surface area (Å²) in [6.45, 7) is 4.94. The van der Waals surface area contributed by atoms with Gasteiger partial charge in [0.2, 0.25) is 0 Å². The zero-order valence-electron chi connectivity index (χ0n) is 8.29. The van der Waals surface area contributed by atoms with Gasteiger partial charge >= 0.3 is 0 Å². The molecule has 6 atom stereocenters. The van der Waals surface area contributed by atoms with Crippen LogP contribution in [0.5, 0.6) is 0 Å². The lowest BCUT2D eigenvalue weighted by molar-refractivity contribution is -0.115. The third-order valence-electron chi connectivity index (χ3n) is 5.17. The normalized spacial score (nSPS) is 62.5. The van der Waals surface area contributed by atoms with Gasteiger partial charge in [-0.05, 0) is 61.2 Å². The molecule has 0 aromatic carbocycles. The molecule has 0 aromatic heterocycles. The van der Waals surface area contributed by atoms with E-state index in [2.05, 4.69) is 13.8 Å². The van der Waals surface area contributed by atoms with Crippen LogP contribution < -0.4 is 0 Å². The Bertz CT molecular complexity index is 196. The van der Waals surface area contributed by atoms with Crippen LogP contribution >= 0.6 is 0 Å². The van der Waals surface area contributed by atoms with E-state index in [4.69, 9.17) is 0 Å². The van der Waals surface area contributed by atoms with Crippen molar-refractivity contribution in [3.8, 4) is 0 Å². The van der Waals surface area contributed by atoms with Crippen molar-refractivity contribution in [2.75, 3.05) is 0 Å². The number of fused-ring (bicyclic) bond motifs is 3. The highest BCUT2D eigenvalue weighted by atomic mass is 14.6. The van der Waals surface area contributed by atoms with Gasteiger partial charge in [-0.25, -0.2) is 0 Å². The molecule has 0 N–H and O–H groups in total. The summed E-state index contributed by atoms with van der Waals surface area (Å²) in [6, 6.07) is 0. The molecule has 0 aliphatic heterocycles. The van der Waals surface area contributed by atoms with E-state index in [0.29, 0.717) is 0 Å². The minimum Gasteiger partial charge on any atom is -0.0622 e. The van der Waals surface area contributed by atoms with Crippen molar-refractivity contribution in [3.63, 3.8) is 0 Å². The highest BCUT2D eigenvalue weighted by Gasteiger charge is 2.53. The van der Waals surface area contributed by atoms with Gasteiger partial charge in [0, 0.05) is 0 Å². The highest BCUT2D eigenvalue weighted by molar-refractivity contribution is 5.03. The zero-order valence-corrected chi connectivity index (χ0v) is 8.29. The molecule has 0 spiro atoms. The second kappa shape index (κ2) is 2.27. The summed E-state index contributed by atoms with van der Waals surface area (Å²) in [5.41, 5.74) is 0. The maximum atomic E-state index is 2.48. The number of hydrogen-bond acceptors (Lipinski definition) is 0. The Hall–Kier alpha value is 0. The fraction of sp³-hybridized carbons (Fsp3) is 1.00. The van der Waals surface area contributed by atoms with Gasteiger partial charge in [0.1, 0.15) is 0 Å². The topological polar surface area (TPSA) is 0 Å². The van der Waals surface area contributed by atoms with E-state index in [0.717, 1.165) is 23.7 Å². The average Bonchev–Trinajstić information content (AvgIpc) is 2.01. The summed E-state index contributed by atoms with van der Waals surface area (Å²) in [7, 11) is 0.